The van der Waals surface area contributed by atoms with E-state index in [4.69, 9.17) is 4.74 Å². The van der Waals surface area contributed by atoms with Gasteiger partial charge in [-0.3, -0.25) is 4.79 Å². The minimum Gasteiger partial charge on any atom is -0.490 e. The molecule has 0 radical (unpaired) electrons. The van der Waals surface area contributed by atoms with Crippen LogP contribution in [0.3, 0.4) is 0 Å². The van der Waals surface area contributed by atoms with Gasteiger partial charge < -0.3 is 9.84 Å². The lowest BCUT2D eigenvalue weighted by atomic mass is 10.00. The van der Waals surface area contributed by atoms with Crippen molar-refractivity contribution in [2.24, 2.45) is 5.92 Å². The first-order valence-electron chi connectivity index (χ1n) is 7.57. The zero-order chi connectivity index (χ0) is 14.4. The Kier molecular flexibility index (Phi) is 5.60. The van der Waals surface area contributed by atoms with E-state index in [2.05, 4.69) is 0 Å². The molecule has 0 spiro atoms. The molecule has 1 atom stereocenters. The fraction of sp³-hybridized carbons (Fsp3) is 0.588. The molecule has 20 heavy (non-hydrogen) atoms. The Morgan fingerprint density at radius 1 is 1.35 bits per heavy atom. The van der Waals surface area contributed by atoms with Crippen molar-refractivity contribution in [1.82, 2.24) is 0 Å². The third-order valence-electron chi connectivity index (χ3n) is 4.08. The number of aliphatic hydroxyl groups is 1. The van der Waals surface area contributed by atoms with E-state index in [1.54, 1.807) is 12.1 Å². The Hall–Kier alpha value is -1.35. The lowest BCUT2D eigenvalue weighted by Gasteiger charge is -2.16. The number of benzene rings is 1. The maximum Gasteiger partial charge on any atom is 0.163 e. The smallest absolute Gasteiger partial charge is 0.163 e. The van der Waals surface area contributed by atoms with Crippen LogP contribution >= 0.6 is 0 Å². The lowest BCUT2D eigenvalue weighted by molar-refractivity contribution is 0.0908. The summed E-state index contributed by atoms with van der Waals surface area (Å²) in [7, 11) is 0. The van der Waals surface area contributed by atoms with Gasteiger partial charge in [-0.05, 0) is 37.8 Å². The minimum absolute atomic E-state index is 0.0129. The van der Waals surface area contributed by atoms with Gasteiger partial charge >= 0.3 is 0 Å². The summed E-state index contributed by atoms with van der Waals surface area (Å²) in [5.74, 6) is 1.34. The van der Waals surface area contributed by atoms with Crippen LogP contribution in [0.1, 0.15) is 55.8 Å². The molecule has 1 saturated carbocycles. The van der Waals surface area contributed by atoms with Gasteiger partial charge in [-0.15, -0.1) is 0 Å². The maximum atomic E-state index is 11.5. The molecule has 2 rings (SSSR count). The van der Waals surface area contributed by atoms with E-state index in [9.17, 15) is 9.90 Å². The van der Waals surface area contributed by atoms with Crippen molar-refractivity contribution in [3.8, 4) is 5.75 Å². The summed E-state index contributed by atoms with van der Waals surface area (Å²) in [5, 5.41) is 9.99. The third kappa shape index (κ3) is 4.34. The van der Waals surface area contributed by atoms with E-state index in [0.717, 1.165) is 18.8 Å². The first kappa shape index (κ1) is 15.0. The first-order chi connectivity index (χ1) is 9.66. The van der Waals surface area contributed by atoms with E-state index >= 15 is 0 Å². The van der Waals surface area contributed by atoms with Crippen LogP contribution < -0.4 is 4.74 Å². The fourth-order valence-electron chi connectivity index (χ4n) is 2.88. The molecule has 3 heteroatoms. The number of rotatable bonds is 7. The second-order valence-electron chi connectivity index (χ2n) is 5.75. The molecule has 0 saturated heterocycles. The summed E-state index contributed by atoms with van der Waals surface area (Å²) in [5.41, 5.74) is 0.579. The number of para-hydroxylation sites is 1. The maximum absolute atomic E-state index is 11.5. The zero-order valence-electron chi connectivity index (χ0n) is 12.2. The monoisotopic (exact) mass is 276 g/mol. The lowest BCUT2D eigenvalue weighted by Crippen LogP contribution is -2.19. The van der Waals surface area contributed by atoms with Crippen LogP contribution in [0, 0.1) is 5.92 Å². The average Bonchev–Trinajstić information content (AvgIpc) is 2.96. The predicted octanol–water partition coefficient (Wildman–Crippen LogP) is 3.60. The topological polar surface area (TPSA) is 46.5 Å². The van der Waals surface area contributed by atoms with E-state index < -0.39 is 6.10 Å². The van der Waals surface area contributed by atoms with Crippen molar-refractivity contribution >= 4 is 5.78 Å². The van der Waals surface area contributed by atoms with Crippen molar-refractivity contribution in [2.75, 3.05) is 6.61 Å². The van der Waals surface area contributed by atoms with Gasteiger partial charge in [-0.25, -0.2) is 0 Å². The zero-order valence-corrected chi connectivity index (χ0v) is 12.2. The van der Waals surface area contributed by atoms with Crippen molar-refractivity contribution in [1.29, 1.82) is 0 Å². The summed E-state index contributed by atoms with van der Waals surface area (Å²) < 4.78 is 5.60. The highest BCUT2D eigenvalue weighted by Crippen LogP contribution is 2.29. The normalized spacial score (nSPS) is 17.1. The Balaban J connectivity index is 1.77. The van der Waals surface area contributed by atoms with Crippen molar-refractivity contribution in [3.63, 3.8) is 0 Å². The van der Waals surface area contributed by atoms with Crippen LogP contribution in [0.4, 0.5) is 0 Å². The minimum atomic E-state index is -0.449. The summed E-state index contributed by atoms with van der Waals surface area (Å²) in [6.45, 7) is 1.79. The molecule has 1 fully saturated rings. The number of ether oxygens (including phenoxy) is 1. The van der Waals surface area contributed by atoms with Crippen molar-refractivity contribution in [2.45, 2.75) is 51.6 Å². The Morgan fingerprint density at radius 3 is 2.75 bits per heavy atom. The molecular formula is C17H24O3. The Morgan fingerprint density at radius 2 is 2.05 bits per heavy atom. The second kappa shape index (κ2) is 7.44. The molecule has 0 heterocycles. The number of hydrogen-bond acceptors (Lipinski definition) is 3. The van der Waals surface area contributed by atoms with E-state index in [-0.39, 0.29) is 12.4 Å². The average molecular weight is 276 g/mol. The summed E-state index contributed by atoms with van der Waals surface area (Å²) in [6.07, 6.45) is 6.70. The fourth-order valence-corrected chi connectivity index (χ4v) is 2.88. The highest BCUT2D eigenvalue weighted by molar-refractivity contribution is 5.96. The number of carbonyl (C=O) groups excluding carboxylic acids is 1. The molecule has 1 aliphatic rings. The SMILES string of the molecule is CC(=O)c1ccccc1OCC(O)CCC1CCCC1. The predicted molar refractivity (Wildman–Crippen MR) is 79.1 cm³/mol. The molecule has 1 aromatic rings. The molecule has 0 bridgehead atoms. The first-order valence-corrected chi connectivity index (χ1v) is 7.57. The van der Waals surface area contributed by atoms with Crippen LogP contribution in [0.5, 0.6) is 5.75 Å². The Labute approximate surface area is 121 Å². The van der Waals surface area contributed by atoms with Crippen LogP contribution in [0.2, 0.25) is 0 Å². The van der Waals surface area contributed by atoms with E-state index in [1.165, 1.54) is 32.6 Å². The molecule has 0 aliphatic heterocycles. The summed E-state index contributed by atoms with van der Waals surface area (Å²) in [4.78, 5) is 11.5. The van der Waals surface area contributed by atoms with Crippen LogP contribution in [-0.4, -0.2) is 23.6 Å². The third-order valence-corrected chi connectivity index (χ3v) is 4.08. The van der Waals surface area contributed by atoms with E-state index in [0.29, 0.717) is 11.3 Å². The van der Waals surface area contributed by atoms with E-state index in [1.807, 2.05) is 12.1 Å². The molecule has 110 valence electrons. The van der Waals surface area contributed by atoms with Crippen LogP contribution in [-0.2, 0) is 0 Å². The second-order valence-corrected chi connectivity index (χ2v) is 5.75. The number of carbonyl (C=O) groups is 1. The summed E-state index contributed by atoms with van der Waals surface area (Å²) in [6, 6.07) is 7.19. The number of hydrogen-bond donors (Lipinski definition) is 1. The van der Waals surface area contributed by atoms with Gasteiger partial charge in [-0.2, -0.15) is 0 Å². The van der Waals surface area contributed by atoms with Gasteiger partial charge in [-0.1, -0.05) is 37.8 Å². The van der Waals surface area contributed by atoms with Crippen LogP contribution in [0.25, 0.3) is 0 Å². The number of aliphatic hydroxyl groups excluding tert-OH is 1. The molecule has 1 N–H and O–H groups in total. The molecule has 1 aliphatic carbocycles. The van der Waals surface area contributed by atoms with Crippen LogP contribution in [0.15, 0.2) is 24.3 Å². The highest BCUT2D eigenvalue weighted by atomic mass is 16.5. The van der Waals surface area contributed by atoms with Gasteiger partial charge in [0.2, 0.25) is 0 Å². The van der Waals surface area contributed by atoms with Gasteiger partial charge in [0.25, 0.3) is 0 Å². The number of ketones is 1. The summed E-state index contributed by atoms with van der Waals surface area (Å²) >= 11 is 0. The van der Waals surface area contributed by atoms with Gasteiger partial charge in [0.05, 0.1) is 11.7 Å². The largest absolute Gasteiger partial charge is 0.490 e. The molecule has 0 amide bonds. The number of Topliss-reactive ketones (excluding diaryl/α,β-unsaturated/α-hetero) is 1. The van der Waals surface area contributed by atoms with Crippen molar-refractivity contribution < 1.29 is 14.6 Å². The molecular weight excluding hydrogens is 252 g/mol. The van der Waals surface area contributed by atoms with Gasteiger partial charge in [0.1, 0.15) is 12.4 Å². The van der Waals surface area contributed by atoms with Gasteiger partial charge in [0, 0.05) is 0 Å². The molecule has 0 aromatic heterocycles. The Bertz CT molecular complexity index is 436. The molecule has 1 unspecified atom stereocenters. The van der Waals surface area contributed by atoms with Crippen molar-refractivity contribution in [3.05, 3.63) is 29.8 Å². The molecule has 1 aromatic carbocycles. The molecule has 3 nitrogen and oxygen atoms in total. The quantitative estimate of drug-likeness (QED) is 0.774. The standard InChI is InChI=1S/C17H24O3/c1-13(18)16-8-4-5-9-17(16)20-12-15(19)11-10-14-6-2-3-7-14/h4-5,8-9,14-15,19H,2-3,6-7,10-12H2,1H3. The van der Waals surface area contributed by atoms with Gasteiger partial charge in [0.15, 0.2) is 5.78 Å². The highest BCUT2D eigenvalue weighted by Gasteiger charge is 2.17.